The maximum absolute atomic E-state index is 6.27. The van der Waals surface area contributed by atoms with E-state index in [-0.39, 0.29) is 0 Å². The van der Waals surface area contributed by atoms with E-state index >= 15 is 0 Å². The monoisotopic (exact) mass is 596 g/mol. The summed E-state index contributed by atoms with van der Waals surface area (Å²) < 4.78 is 17.1. The molecule has 0 spiro atoms. The molecule has 1 aliphatic rings. The van der Waals surface area contributed by atoms with Crippen LogP contribution in [0.2, 0.25) is 0 Å². The normalized spacial score (nSPS) is 12.6. The van der Waals surface area contributed by atoms with E-state index in [0.717, 1.165) is 45.1 Å². The summed E-state index contributed by atoms with van der Waals surface area (Å²) in [6.07, 6.45) is 0. The maximum Gasteiger partial charge on any atom is 0.172 e. The topological polar surface area (TPSA) is 28.3 Å². The second kappa shape index (κ2) is 7.69. The zero-order valence-corrected chi connectivity index (χ0v) is 21.8. The second-order valence-electron chi connectivity index (χ2n) is 8.90. The summed E-state index contributed by atoms with van der Waals surface area (Å²) in [5, 5.41) is 4.82. The Balaban J connectivity index is 1.42. The molecule has 0 saturated carbocycles. The molecule has 0 N–H and O–H groups in total. The molecular formula is C30H17IN2O2S. The summed E-state index contributed by atoms with van der Waals surface area (Å²) in [4.78, 5) is 0. The number of hydrogen-bond acceptors (Lipinski definition) is 3. The third kappa shape index (κ3) is 2.82. The molecule has 172 valence electrons. The molecule has 0 fully saturated rings. The van der Waals surface area contributed by atoms with Gasteiger partial charge in [-0.15, -0.1) is 0 Å². The first-order chi connectivity index (χ1) is 17.8. The van der Waals surface area contributed by atoms with Gasteiger partial charge in [0.15, 0.2) is 23.0 Å². The van der Waals surface area contributed by atoms with E-state index in [1.54, 1.807) is 9.12 Å². The van der Waals surface area contributed by atoms with E-state index in [2.05, 4.69) is 109 Å². The number of hydrogen-bond donors (Lipinski definition) is 0. The lowest BCUT2D eigenvalue weighted by Crippen LogP contribution is -1.99. The number of rotatable bonds is 2. The van der Waals surface area contributed by atoms with Gasteiger partial charge in [-0.2, -0.15) is 0 Å². The van der Waals surface area contributed by atoms with E-state index in [1.807, 2.05) is 24.3 Å². The van der Waals surface area contributed by atoms with Gasteiger partial charge in [-0.1, -0.05) is 48.5 Å². The molecule has 0 amide bonds. The largest absolute Gasteiger partial charge is 0.449 e. The Hall–Kier alpha value is -3.62. The number of aromatic nitrogens is 2. The van der Waals surface area contributed by atoms with Gasteiger partial charge >= 0.3 is 0 Å². The standard InChI is InChI=1S/C30H17IN2O2S/c31-36-33-24-10-4-2-8-20(24)21-15-18(13-14-25(21)33)32-23-9-3-1-7-19(23)22-16-29-30(17-26(22)32)35-28-12-6-5-11-27(28)34-29/h1-17H. The van der Waals surface area contributed by atoms with Crippen LogP contribution in [0.15, 0.2) is 103 Å². The first-order valence-electron chi connectivity index (χ1n) is 11.6. The highest BCUT2D eigenvalue weighted by atomic mass is 127. The van der Waals surface area contributed by atoms with Crippen molar-refractivity contribution in [1.82, 2.24) is 8.54 Å². The molecule has 6 heteroatoms. The van der Waals surface area contributed by atoms with Crippen molar-refractivity contribution in [3.8, 4) is 28.7 Å². The molecule has 0 bridgehead atoms. The first kappa shape index (κ1) is 20.6. The van der Waals surface area contributed by atoms with Crippen LogP contribution in [-0.2, 0) is 0 Å². The molecular weight excluding hydrogens is 579 g/mol. The van der Waals surface area contributed by atoms with E-state index in [4.69, 9.17) is 9.47 Å². The fourth-order valence-electron chi connectivity index (χ4n) is 5.41. The lowest BCUT2D eigenvalue weighted by Gasteiger charge is -2.20. The molecule has 0 unspecified atom stereocenters. The van der Waals surface area contributed by atoms with E-state index in [9.17, 15) is 0 Å². The average Bonchev–Trinajstić information content (AvgIpc) is 3.42. The summed E-state index contributed by atoms with van der Waals surface area (Å²) in [5.74, 6) is 2.94. The van der Waals surface area contributed by atoms with Gasteiger partial charge in [0.25, 0.3) is 0 Å². The van der Waals surface area contributed by atoms with Crippen LogP contribution in [0.5, 0.6) is 23.0 Å². The Morgan fingerprint density at radius 1 is 0.500 bits per heavy atom. The van der Waals surface area contributed by atoms with Gasteiger partial charge in [0.05, 0.1) is 22.1 Å². The zero-order valence-electron chi connectivity index (χ0n) is 18.8. The Morgan fingerprint density at radius 2 is 1.08 bits per heavy atom. The molecule has 2 aromatic heterocycles. The van der Waals surface area contributed by atoms with Gasteiger partial charge in [0.1, 0.15) is 0 Å². The zero-order chi connectivity index (χ0) is 23.8. The minimum absolute atomic E-state index is 0.726. The van der Waals surface area contributed by atoms with E-state index in [0.29, 0.717) is 0 Å². The number of fused-ring (bicyclic) bond motifs is 8. The van der Waals surface area contributed by atoms with Crippen LogP contribution in [0.3, 0.4) is 0 Å². The van der Waals surface area contributed by atoms with Crippen LogP contribution in [0.4, 0.5) is 0 Å². The molecule has 8 rings (SSSR count). The minimum atomic E-state index is 0.726. The Bertz CT molecular complexity index is 2010. The average molecular weight is 596 g/mol. The molecule has 4 nitrogen and oxygen atoms in total. The quantitative estimate of drug-likeness (QED) is 0.186. The van der Waals surface area contributed by atoms with Crippen molar-refractivity contribution in [2.24, 2.45) is 0 Å². The number of para-hydroxylation sites is 4. The van der Waals surface area contributed by atoms with Crippen molar-refractivity contribution in [3.05, 3.63) is 103 Å². The van der Waals surface area contributed by atoms with E-state index in [1.165, 1.54) is 27.2 Å². The fraction of sp³-hybridized carbons (Fsp3) is 0. The van der Waals surface area contributed by atoms with Crippen molar-refractivity contribution < 1.29 is 9.47 Å². The van der Waals surface area contributed by atoms with Crippen LogP contribution in [0, 0.1) is 0 Å². The Morgan fingerprint density at radius 3 is 1.83 bits per heavy atom. The second-order valence-corrected chi connectivity index (χ2v) is 10.6. The van der Waals surface area contributed by atoms with Crippen molar-refractivity contribution in [2.45, 2.75) is 0 Å². The molecule has 5 aromatic carbocycles. The van der Waals surface area contributed by atoms with E-state index < -0.39 is 0 Å². The maximum atomic E-state index is 6.27. The van der Waals surface area contributed by atoms with Crippen molar-refractivity contribution >= 4 is 73.9 Å². The minimum Gasteiger partial charge on any atom is -0.449 e. The van der Waals surface area contributed by atoms with Gasteiger partial charge in [-0.25, -0.2) is 0 Å². The summed E-state index contributed by atoms with van der Waals surface area (Å²) in [6.45, 7) is 0. The van der Waals surface area contributed by atoms with Gasteiger partial charge in [-0.3, -0.25) is 3.97 Å². The molecule has 0 aliphatic carbocycles. The van der Waals surface area contributed by atoms with Crippen LogP contribution in [0.1, 0.15) is 0 Å². The number of ether oxygens (including phenoxy) is 2. The lowest BCUT2D eigenvalue weighted by atomic mass is 10.1. The molecule has 36 heavy (non-hydrogen) atoms. The number of benzene rings is 5. The molecule has 3 heterocycles. The smallest absolute Gasteiger partial charge is 0.172 e. The fourth-order valence-corrected chi connectivity index (χ4v) is 7.15. The predicted octanol–water partition coefficient (Wildman–Crippen LogP) is 9.64. The third-order valence-corrected chi connectivity index (χ3v) is 8.68. The molecule has 0 saturated heterocycles. The van der Waals surface area contributed by atoms with Gasteiger partial charge in [0.2, 0.25) is 0 Å². The van der Waals surface area contributed by atoms with Gasteiger partial charge < -0.3 is 14.0 Å². The molecule has 7 aromatic rings. The Kier molecular flexibility index (Phi) is 4.39. The SMILES string of the molecule is ISn1c2ccccc2c2cc(-n3c4ccccc4c4cc5c(cc43)Oc3ccccc3O5)ccc21. The van der Waals surface area contributed by atoms with Crippen LogP contribution >= 0.6 is 30.3 Å². The van der Waals surface area contributed by atoms with Crippen LogP contribution < -0.4 is 9.47 Å². The summed E-state index contributed by atoms with van der Waals surface area (Å²) in [7, 11) is 1.70. The lowest BCUT2D eigenvalue weighted by molar-refractivity contribution is 0.360. The molecule has 0 atom stereocenters. The highest BCUT2D eigenvalue weighted by Gasteiger charge is 2.22. The van der Waals surface area contributed by atoms with Crippen LogP contribution in [-0.4, -0.2) is 8.54 Å². The highest BCUT2D eigenvalue weighted by Crippen LogP contribution is 2.48. The third-order valence-electron chi connectivity index (χ3n) is 6.97. The summed E-state index contributed by atoms with van der Waals surface area (Å²) >= 11 is 2.36. The summed E-state index contributed by atoms with van der Waals surface area (Å²) in [6, 6.07) is 35.9. The number of nitrogens with zero attached hydrogens (tertiary/aromatic N) is 2. The Labute approximate surface area is 222 Å². The van der Waals surface area contributed by atoms with Crippen molar-refractivity contribution in [1.29, 1.82) is 0 Å². The van der Waals surface area contributed by atoms with Gasteiger partial charge in [-0.05, 0) is 48.5 Å². The summed E-state index contributed by atoms with van der Waals surface area (Å²) in [5.41, 5.74) is 5.80. The highest BCUT2D eigenvalue weighted by molar-refractivity contribution is 14.2. The molecule has 0 radical (unpaired) electrons. The predicted molar refractivity (Wildman–Crippen MR) is 157 cm³/mol. The molecule has 1 aliphatic heterocycles. The number of halogens is 1. The first-order valence-corrected chi connectivity index (χ1v) is 15.0. The van der Waals surface area contributed by atoms with Crippen molar-refractivity contribution in [2.75, 3.05) is 0 Å². The van der Waals surface area contributed by atoms with Gasteiger partial charge in [0, 0.05) is 63.6 Å². The van der Waals surface area contributed by atoms with Crippen molar-refractivity contribution in [3.63, 3.8) is 0 Å². The van der Waals surface area contributed by atoms with Crippen LogP contribution in [0.25, 0.3) is 49.3 Å².